The van der Waals surface area contributed by atoms with E-state index >= 15 is 0 Å². The Hall–Kier alpha value is -4.01. The van der Waals surface area contributed by atoms with Crippen molar-refractivity contribution in [3.05, 3.63) is 74.6 Å². The molecule has 1 unspecified atom stereocenters. The molecule has 0 saturated carbocycles. The summed E-state index contributed by atoms with van der Waals surface area (Å²) in [7, 11) is 1.60. The van der Waals surface area contributed by atoms with Crippen LogP contribution in [-0.2, 0) is 4.79 Å². The van der Waals surface area contributed by atoms with Crippen LogP contribution in [0.4, 0.5) is 11.4 Å². The van der Waals surface area contributed by atoms with Gasteiger partial charge in [-0.25, -0.2) is 0 Å². The molecular formula is C21H17N3O6. The molecule has 30 heavy (non-hydrogen) atoms. The van der Waals surface area contributed by atoms with Crippen LogP contribution in [0.2, 0.25) is 0 Å². The van der Waals surface area contributed by atoms with E-state index in [0.717, 1.165) is 0 Å². The number of fused-ring (bicyclic) bond motifs is 2. The normalized spacial score (nSPS) is 14.2. The quantitative estimate of drug-likeness (QED) is 0.373. The number of nitro groups is 1. The Balaban J connectivity index is 1.77. The van der Waals surface area contributed by atoms with E-state index in [0.29, 0.717) is 27.9 Å². The van der Waals surface area contributed by atoms with Crippen LogP contribution in [0.15, 0.2) is 53.3 Å². The minimum absolute atomic E-state index is 0.0648. The molecule has 2 aromatic carbocycles. The minimum Gasteiger partial charge on any atom is -0.482 e. The molecular weight excluding hydrogens is 390 g/mol. The lowest BCUT2D eigenvalue weighted by molar-refractivity contribution is -0.384. The molecule has 0 aliphatic carbocycles. The average molecular weight is 407 g/mol. The van der Waals surface area contributed by atoms with Gasteiger partial charge in [-0.3, -0.25) is 29.1 Å². The number of aromatic nitrogens is 1. The van der Waals surface area contributed by atoms with Gasteiger partial charge in [0, 0.05) is 36.2 Å². The number of ether oxygens (including phenoxy) is 1. The number of pyridine rings is 1. The minimum atomic E-state index is -0.869. The van der Waals surface area contributed by atoms with E-state index in [9.17, 15) is 24.5 Å². The van der Waals surface area contributed by atoms with Gasteiger partial charge in [0.15, 0.2) is 12.4 Å². The largest absolute Gasteiger partial charge is 0.482 e. The predicted molar refractivity (Wildman–Crippen MR) is 109 cm³/mol. The Labute approximate surface area is 170 Å². The van der Waals surface area contributed by atoms with Gasteiger partial charge >= 0.3 is 0 Å². The fourth-order valence-corrected chi connectivity index (χ4v) is 3.55. The number of amides is 1. The number of nitrogens with zero attached hydrogens (tertiary/aromatic N) is 3. The van der Waals surface area contributed by atoms with Crippen molar-refractivity contribution in [3.63, 3.8) is 0 Å². The van der Waals surface area contributed by atoms with Gasteiger partial charge in [-0.2, -0.15) is 0 Å². The van der Waals surface area contributed by atoms with Crippen molar-refractivity contribution in [1.29, 1.82) is 0 Å². The Morgan fingerprint density at radius 3 is 2.63 bits per heavy atom. The highest BCUT2D eigenvalue weighted by Crippen LogP contribution is 2.33. The van der Waals surface area contributed by atoms with Gasteiger partial charge in [0.25, 0.3) is 17.2 Å². The maximum atomic E-state index is 13.2. The number of hydrogen-bond acceptors (Lipinski definition) is 6. The molecule has 0 spiro atoms. The SMILES string of the molecule is CC(C(=O)c1ccc2c(c1)N(C)C(=O)CO2)n1c(=O)ccc2cc([N+](=O)[O-])ccc21. The Morgan fingerprint density at radius 1 is 1.13 bits per heavy atom. The first-order valence-electron chi connectivity index (χ1n) is 9.15. The molecule has 9 nitrogen and oxygen atoms in total. The first-order chi connectivity index (χ1) is 14.3. The topological polar surface area (TPSA) is 112 Å². The van der Waals surface area contributed by atoms with Crippen LogP contribution in [0.25, 0.3) is 10.9 Å². The van der Waals surface area contributed by atoms with E-state index < -0.39 is 16.5 Å². The van der Waals surface area contributed by atoms with Crippen molar-refractivity contribution in [3.8, 4) is 5.75 Å². The fraction of sp³-hybridized carbons (Fsp3) is 0.190. The molecule has 152 valence electrons. The molecule has 3 aromatic rings. The number of hydrogen-bond donors (Lipinski definition) is 0. The summed E-state index contributed by atoms with van der Waals surface area (Å²) in [4.78, 5) is 49.6. The summed E-state index contributed by atoms with van der Waals surface area (Å²) in [6.45, 7) is 1.53. The molecule has 0 saturated heterocycles. The lowest BCUT2D eigenvalue weighted by Gasteiger charge is -2.26. The fourth-order valence-electron chi connectivity index (χ4n) is 3.55. The van der Waals surface area contributed by atoms with E-state index in [4.69, 9.17) is 4.74 Å². The maximum Gasteiger partial charge on any atom is 0.270 e. The van der Waals surface area contributed by atoms with E-state index in [1.54, 1.807) is 32.2 Å². The highest BCUT2D eigenvalue weighted by atomic mass is 16.6. The summed E-state index contributed by atoms with van der Waals surface area (Å²) in [5.41, 5.74) is 0.713. The van der Waals surface area contributed by atoms with Gasteiger partial charge in [-0.15, -0.1) is 0 Å². The molecule has 4 rings (SSSR count). The molecule has 1 amide bonds. The molecule has 0 fully saturated rings. The van der Waals surface area contributed by atoms with E-state index in [2.05, 4.69) is 0 Å². The number of anilines is 1. The number of rotatable bonds is 4. The number of carbonyl (C=O) groups is 2. The predicted octanol–water partition coefficient (Wildman–Crippen LogP) is 2.71. The van der Waals surface area contributed by atoms with Crippen LogP contribution < -0.4 is 15.2 Å². The molecule has 0 N–H and O–H groups in total. The molecule has 9 heteroatoms. The highest BCUT2D eigenvalue weighted by molar-refractivity contribution is 6.03. The lowest BCUT2D eigenvalue weighted by Crippen LogP contribution is -2.35. The molecule has 1 aliphatic rings. The van der Waals surface area contributed by atoms with Gasteiger partial charge in [-0.1, -0.05) is 0 Å². The zero-order valence-corrected chi connectivity index (χ0v) is 16.2. The van der Waals surface area contributed by atoms with Crippen molar-refractivity contribution in [2.45, 2.75) is 13.0 Å². The number of benzene rings is 2. The first kappa shape index (κ1) is 19.3. The third kappa shape index (κ3) is 3.10. The second kappa shape index (κ2) is 7.11. The summed E-state index contributed by atoms with van der Waals surface area (Å²) in [6, 6.07) is 10.8. The van der Waals surface area contributed by atoms with Gasteiger partial charge in [0.2, 0.25) is 0 Å². The van der Waals surface area contributed by atoms with Crippen LogP contribution >= 0.6 is 0 Å². The molecule has 1 aromatic heterocycles. The van der Waals surface area contributed by atoms with Crippen molar-refractivity contribution >= 4 is 34.0 Å². The lowest BCUT2D eigenvalue weighted by atomic mass is 10.0. The third-order valence-electron chi connectivity index (χ3n) is 5.22. The first-order valence-corrected chi connectivity index (χ1v) is 9.15. The van der Waals surface area contributed by atoms with Crippen LogP contribution in [0.1, 0.15) is 23.3 Å². The number of likely N-dealkylation sites (N-methyl/N-ethyl adjacent to an activating group) is 1. The van der Waals surface area contributed by atoms with Crippen LogP contribution in [0.3, 0.4) is 0 Å². The summed E-state index contributed by atoms with van der Waals surface area (Å²) in [5.74, 6) is -0.0693. The molecule has 0 radical (unpaired) electrons. The standard InChI is InChI=1S/C21H17N3O6/c1-12(21(27)14-3-7-18-17(10-14)22(2)20(26)11-30-18)23-16-6-5-15(24(28)29)9-13(16)4-8-19(23)25/h3-10,12H,11H2,1-2H3. The van der Waals surface area contributed by atoms with Gasteiger partial charge in [0.1, 0.15) is 5.75 Å². The van der Waals surface area contributed by atoms with Gasteiger partial charge in [0.05, 0.1) is 22.2 Å². The van der Waals surface area contributed by atoms with Crippen LogP contribution in [0, 0.1) is 10.1 Å². The molecule has 0 bridgehead atoms. The number of Topliss-reactive ketones (excluding diaryl/α,β-unsaturated/α-hetero) is 1. The molecule has 1 atom stereocenters. The Kier molecular flexibility index (Phi) is 4.57. The third-order valence-corrected chi connectivity index (χ3v) is 5.22. The van der Waals surface area contributed by atoms with Crippen LogP contribution in [-0.4, -0.2) is 34.8 Å². The van der Waals surface area contributed by atoms with E-state index in [1.165, 1.54) is 39.8 Å². The van der Waals surface area contributed by atoms with E-state index in [1.807, 2.05) is 0 Å². The van der Waals surface area contributed by atoms with Crippen molar-refractivity contribution in [2.24, 2.45) is 0 Å². The van der Waals surface area contributed by atoms with Crippen molar-refractivity contribution in [2.75, 3.05) is 18.6 Å². The average Bonchev–Trinajstić information content (AvgIpc) is 2.74. The van der Waals surface area contributed by atoms with Gasteiger partial charge < -0.3 is 9.64 Å². The second-order valence-electron chi connectivity index (χ2n) is 7.01. The smallest absolute Gasteiger partial charge is 0.270 e. The summed E-state index contributed by atoms with van der Waals surface area (Å²) in [5, 5.41) is 11.5. The molecule has 1 aliphatic heterocycles. The van der Waals surface area contributed by atoms with Gasteiger partial charge in [-0.05, 0) is 37.3 Å². The monoisotopic (exact) mass is 407 g/mol. The highest BCUT2D eigenvalue weighted by Gasteiger charge is 2.26. The Morgan fingerprint density at radius 2 is 1.90 bits per heavy atom. The maximum absolute atomic E-state index is 13.2. The summed E-state index contributed by atoms with van der Waals surface area (Å²) >= 11 is 0. The van der Waals surface area contributed by atoms with Crippen molar-refractivity contribution in [1.82, 2.24) is 4.57 Å². The second-order valence-corrected chi connectivity index (χ2v) is 7.01. The van der Waals surface area contributed by atoms with E-state index in [-0.39, 0.29) is 24.0 Å². The van der Waals surface area contributed by atoms with Crippen LogP contribution in [0.5, 0.6) is 5.75 Å². The summed E-state index contributed by atoms with van der Waals surface area (Å²) < 4.78 is 6.69. The summed E-state index contributed by atoms with van der Waals surface area (Å²) in [6.07, 6.45) is 0. The number of nitro benzene ring substituents is 1. The number of carbonyl (C=O) groups excluding carboxylic acids is 2. The zero-order chi connectivity index (χ0) is 21.6. The van der Waals surface area contributed by atoms with Crippen molar-refractivity contribution < 1.29 is 19.2 Å². The number of non-ortho nitro benzene ring substituents is 1. The molecule has 2 heterocycles. The zero-order valence-electron chi connectivity index (χ0n) is 16.2. The Bertz CT molecular complexity index is 1280. The number of ketones is 1.